The molecule has 2 rings (SSSR count). The molecule has 2 aromatic carbocycles. The topological polar surface area (TPSA) is 59.6 Å². The maximum absolute atomic E-state index is 12.1. The Morgan fingerprint density at radius 3 is 2.42 bits per heavy atom. The molecule has 26 heavy (non-hydrogen) atoms. The van der Waals surface area contributed by atoms with Crippen molar-refractivity contribution in [1.82, 2.24) is 5.32 Å². The number of carbonyl (C=O) groups is 1. The predicted octanol–water partition coefficient (Wildman–Crippen LogP) is 3.48. The van der Waals surface area contributed by atoms with E-state index in [0.717, 1.165) is 41.3 Å². The van der Waals surface area contributed by atoms with Crippen LogP contribution in [0.1, 0.15) is 23.1 Å². The molecule has 0 aliphatic heterocycles. The number of rotatable bonds is 9. The molecule has 0 saturated carbocycles. The van der Waals surface area contributed by atoms with Gasteiger partial charge < -0.3 is 20.1 Å². The van der Waals surface area contributed by atoms with Crippen LogP contribution < -0.4 is 20.1 Å². The lowest BCUT2D eigenvalue weighted by atomic mass is 10.1. The Morgan fingerprint density at radius 2 is 1.73 bits per heavy atom. The first-order valence-electron chi connectivity index (χ1n) is 8.82. The second-order valence-corrected chi connectivity index (χ2v) is 6.31. The van der Waals surface area contributed by atoms with Crippen LogP contribution in [-0.4, -0.2) is 33.2 Å². The number of hydrogen-bond donors (Lipinski definition) is 2. The standard InChI is InChI=1S/C21H28N2O3/c1-15-5-7-18(16(2)13-15)23-21(24)10-12-22-11-9-17-6-8-19(25-3)20(14-17)26-4/h5-8,13-14,22H,9-12H2,1-4H3,(H,23,24). The van der Waals surface area contributed by atoms with Gasteiger partial charge in [-0.05, 0) is 56.1 Å². The summed E-state index contributed by atoms with van der Waals surface area (Å²) in [5.41, 5.74) is 4.32. The summed E-state index contributed by atoms with van der Waals surface area (Å²) in [5.74, 6) is 1.49. The van der Waals surface area contributed by atoms with Crippen molar-refractivity contribution in [2.45, 2.75) is 26.7 Å². The van der Waals surface area contributed by atoms with E-state index in [9.17, 15) is 4.79 Å². The van der Waals surface area contributed by atoms with Crippen LogP contribution in [-0.2, 0) is 11.2 Å². The zero-order chi connectivity index (χ0) is 18.9. The normalized spacial score (nSPS) is 10.5. The first kappa shape index (κ1) is 19.8. The van der Waals surface area contributed by atoms with Gasteiger partial charge in [-0.15, -0.1) is 0 Å². The van der Waals surface area contributed by atoms with Gasteiger partial charge in [0.1, 0.15) is 0 Å². The minimum absolute atomic E-state index is 0.0237. The Balaban J connectivity index is 1.71. The molecule has 0 saturated heterocycles. The third-order valence-corrected chi connectivity index (χ3v) is 4.22. The van der Waals surface area contributed by atoms with Crippen molar-refractivity contribution in [1.29, 1.82) is 0 Å². The van der Waals surface area contributed by atoms with Crippen molar-refractivity contribution in [3.8, 4) is 11.5 Å². The van der Waals surface area contributed by atoms with Gasteiger partial charge in [0.2, 0.25) is 5.91 Å². The average Bonchev–Trinajstić information content (AvgIpc) is 2.63. The predicted molar refractivity (Wildman–Crippen MR) is 105 cm³/mol. The molecule has 0 unspecified atom stereocenters. The number of nitrogens with one attached hydrogen (secondary N) is 2. The van der Waals surface area contributed by atoms with Gasteiger partial charge in [0.05, 0.1) is 14.2 Å². The molecule has 0 atom stereocenters. The summed E-state index contributed by atoms with van der Waals surface area (Å²) in [6.45, 7) is 5.49. The lowest BCUT2D eigenvalue weighted by Gasteiger charge is -2.11. The van der Waals surface area contributed by atoms with Gasteiger partial charge in [-0.3, -0.25) is 4.79 Å². The number of hydrogen-bond acceptors (Lipinski definition) is 4. The van der Waals surface area contributed by atoms with E-state index in [1.54, 1.807) is 14.2 Å². The highest BCUT2D eigenvalue weighted by atomic mass is 16.5. The molecule has 0 aliphatic rings. The monoisotopic (exact) mass is 356 g/mol. The largest absolute Gasteiger partial charge is 0.493 e. The molecule has 5 heteroatoms. The maximum atomic E-state index is 12.1. The van der Waals surface area contributed by atoms with E-state index in [1.807, 2.05) is 44.2 Å². The third-order valence-electron chi connectivity index (χ3n) is 4.22. The van der Waals surface area contributed by atoms with Crippen molar-refractivity contribution in [3.63, 3.8) is 0 Å². The Labute approximate surface area is 155 Å². The number of anilines is 1. The number of amides is 1. The fourth-order valence-electron chi connectivity index (χ4n) is 2.76. The van der Waals surface area contributed by atoms with Gasteiger partial charge >= 0.3 is 0 Å². The molecule has 0 fully saturated rings. The maximum Gasteiger partial charge on any atom is 0.225 e. The van der Waals surface area contributed by atoms with Crippen molar-refractivity contribution < 1.29 is 14.3 Å². The fourth-order valence-corrected chi connectivity index (χ4v) is 2.76. The zero-order valence-corrected chi connectivity index (χ0v) is 16.0. The molecule has 140 valence electrons. The van der Waals surface area contributed by atoms with Crippen LogP contribution in [0.2, 0.25) is 0 Å². The molecule has 0 radical (unpaired) electrons. The third kappa shape index (κ3) is 5.77. The van der Waals surface area contributed by atoms with E-state index in [-0.39, 0.29) is 5.91 Å². The quantitative estimate of drug-likeness (QED) is 0.676. The fraction of sp³-hybridized carbons (Fsp3) is 0.381. The van der Waals surface area contributed by atoms with E-state index in [0.29, 0.717) is 13.0 Å². The molecule has 0 aliphatic carbocycles. The molecule has 2 aromatic rings. The number of aryl methyl sites for hydroxylation is 2. The van der Waals surface area contributed by atoms with Crippen LogP contribution in [0.25, 0.3) is 0 Å². The molecule has 0 bridgehead atoms. The molecule has 0 heterocycles. The Morgan fingerprint density at radius 1 is 0.962 bits per heavy atom. The van der Waals surface area contributed by atoms with Crippen LogP contribution in [0.5, 0.6) is 11.5 Å². The molecule has 0 aromatic heterocycles. The Hall–Kier alpha value is -2.53. The number of carbonyl (C=O) groups excluding carboxylic acids is 1. The van der Waals surface area contributed by atoms with Gasteiger partial charge in [0, 0.05) is 18.7 Å². The first-order chi connectivity index (χ1) is 12.5. The Kier molecular flexibility index (Phi) is 7.48. The summed E-state index contributed by atoms with van der Waals surface area (Å²) in [6.07, 6.45) is 1.30. The van der Waals surface area contributed by atoms with Crippen molar-refractivity contribution >= 4 is 11.6 Å². The molecule has 0 spiro atoms. The second kappa shape index (κ2) is 9.82. The summed E-state index contributed by atoms with van der Waals surface area (Å²) < 4.78 is 10.6. The molecular formula is C21H28N2O3. The smallest absolute Gasteiger partial charge is 0.225 e. The SMILES string of the molecule is COc1ccc(CCNCCC(=O)Nc2ccc(C)cc2C)cc1OC. The van der Waals surface area contributed by atoms with E-state index >= 15 is 0 Å². The number of benzene rings is 2. The Bertz CT molecular complexity index is 744. The van der Waals surface area contributed by atoms with Gasteiger partial charge in [-0.25, -0.2) is 0 Å². The molecular weight excluding hydrogens is 328 g/mol. The summed E-state index contributed by atoms with van der Waals surface area (Å²) >= 11 is 0. The van der Waals surface area contributed by atoms with Gasteiger partial charge in [0.15, 0.2) is 11.5 Å². The lowest BCUT2D eigenvalue weighted by Crippen LogP contribution is -2.23. The van der Waals surface area contributed by atoms with Crippen LogP contribution >= 0.6 is 0 Å². The highest BCUT2D eigenvalue weighted by Gasteiger charge is 2.06. The van der Waals surface area contributed by atoms with E-state index in [4.69, 9.17) is 9.47 Å². The van der Waals surface area contributed by atoms with Crippen molar-refractivity contribution in [2.75, 3.05) is 32.6 Å². The number of ether oxygens (including phenoxy) is 2. The first-order valence-corrected chi connectivity index (χ1v) is 8.82. The van der Waals surface area contributed by atoms with Crippen LogP contribution in [0.4, 0.5) is 5.69 Å². The van der Waals surface area contributed by atoms with Crippen molar-refractivity contribution in [3.05, 3.63) is 53.1 Å². The summed E-state index contributed by atoms with van der Waals surface area (Å²) in [6, 6.07) is 11.9. The van der Waals surface area contributed by atoms with E-state index < -0.39 is 0 Å². The van der Waals surface area contributed by atoms with Crippen LogP contribution in [0, 0.1) is 13.8 Å². The molecule has 5 nitrogen and oxygen atoms in total. The number of methoxy groups -OCH3 is 2. The molecule has 2 N–H and O–H groups in total. The van der Waals surface area contributed by atoms with E-state index in [2.05, 4.69) is 16.7 Å². The van der Waals surface area contributed by atoms with Crippen molar-refractivity contribution in [2.24, 2.45) is 0 Å². The van der Waals surface area contributed by atoms with Gasteiger partial charge in [-0.1, -0.05) is 23.8 Å². The highest BCUT2D eigenvalue weighted by molar-refractivity contribution is 5.91. The average molecular weight is 356 g/mol. The summed E-state index contributed by atoms with van der Waals surface area (Å²) in [7, 11) is 3.26. The molecule has 1 amide bonds. The van der Waals surface area contributed by atoms with Crippen LogP contribution in [0.3, 0.4) is 0 Å². The minimum atomic E-state index is 0.0237. The van der Waals surface area contributed by atoms with Crippen LogP contribution in [0.15, 0.2) is 36.4 Å². The van der Waals surface area contributed by atoms with Gasteiger partial charge in [0.25, 0.3) is 0 Å². The lowest BCUT2D eigenvalue weighted by molar-refractivity contribution is -0.116. The second-order valence-electron chi connectivity index (χ2n) is 6.31. The van der Waals surface area contributed by atoms with Gasteiger partial charge in [-0.2, -0.15) is 0 Å². The minimum Gasteiger partial charge on any atom is -0.493 e. The summed E-state index contributed by atoms with van der Waals surface area (Å²) in [5, 5.41) is 6.27. The zero-order valence-electron chi connectivity index (χ0n) is 16.0. The van der Waals surface area contributed by atoms with E-state index in [1.165, 1.54) is 5.56 Å². The summed E-state index contributed by atoms with van der Waals surface area (Å²) in [4.78, 5) is 12.1. The highest BCUT2D eigenvalue weighted by Crippen LogP contribution is 2.27.